The molecule has 1 heterocycles. The Morgan fingerprint density at radius 1 is 1.00 bits per heavy atom. The van der Waals surface area contributed by atoms with Crippen LogP contribution in [-0.2, 0) is 11.3 Å². The van der Waals surface area contributed by atoms with Gasteiger partial charge in [-0.2, -0.15) is 0 Å². The Hall–Kier alpha value is -2.51. The SMILES string of the molecule is COCCSc1nnc(CNc2ccccc2OC)n1-c1ccccc1. The Balaban J connectivity index is 1.84. The van der Waals surface area contributed by atoms with Crippen molar-refractivity contribution < 1.29 is 9.47 Å². The van der Waals surface area contributed by atoms with E-state index < -0.39 is 0 Å². The van der Waals surface area contributed by atoms with E-state index >= 15 is 0 Å². The number of nitrogens with one attached hydrogen (secondary N) is 1. The molecule has 0 amide bonds. The molecule has 2 aromatic carbocycles. The highest BCUT2D eigenvalue weighted by atomic mass is 32.2. The number of hydrogen-bond acceptors (Lipinski definition) is 6. The van der Waals surface area contributed by atoms with Crippen LogP contribution >= 0.6 is 11.8 Å². The summed E-state index contributed by atoms with van der Waals surface area (Å²) >= 11 is 1.63. The first-order valence-corrected chi connectivity index (χ1v) is 9.30. The highest BCUT2D eigenvalue weighted by Crippen LogP contribution is 2.25. The molecule has 26 heavy (non-hydrogen) atoms. The average Bonchev–Trinajstić information content (AvgIpc) is 3.10. The van der Waals surface area contributed by atoms with E-state index in [-0.39, 0.29) is 0 Å². The maximum absolute atomic E-state index is 5.40. The summed E-state index contributed by atoms with van der Waals surface area (Å²) in [6, 6.07) is 17.9. The second-order valence-electron chi connectivity index (χ2n) is 5.46. The Bertz CT molecular complexity index is 823. The van der Waals surface area contributed by atoms with Crippen LogP contribution in [0.1, 0.15) is 5.82 Å². The fraction of sp³-hybridized carbons (Fsp3) is 0.263. The van der Waals surface area contributed by atoms with Crippen LogP contribution in [-0.4, -0.2) is 41.3 Å². The van der Waals surface area contributed by atoms with Gasteiger partial charge in [0.25, 0.3) is 0 Å². The summed E-state index contributed by atoms with van der Waals surface area (Å²) in [5, 5.41) is 13.0. The van der Waals surface area contributed by atoms with Crippen LogP contribution in [0.3, 0.4) is 0 Å². The minimum atomic E-state index is 0.535. The molecule has 3 aromatic rings. The molecule has 0 aliphatic rings. The number of aromatic nitrogens is 3. The summed E-state index contributed by atoms with van der Waals surface area (Å²) in [5.41, 5.74) is 1.96. The van der Waals surface area contributed by atoms with Gasteiger partial charge in [-0.25, -0.2) is 0 Å². The van der Waals surface area contributed by atoms with Crippen LogP contribution in [0.25, 0.3) is 5.69 Å². The summed E-state index contributed by atoms with van der Waals surface area (Å²) in [4.78, 5) is 0. The Kier molecular flexibility index (Phi) is 6.51. The van der Waals surface area contributed by atoms with Crippen molar-refractivity contribution >= 4 is 17.4 Å². The molecule has 0 unspecified atom stereocenters. The smallest absolute Gasteiger partial charge is 0.195 e. The largest absolute Gasteiger partial charge is 0.495 e. The molecule has 1 N–H and O–H groups in total. The third-order valence-corrected chi connectivity index (χ3v) is 4.67. The Morgan fingerprint density at radius 3 is 2.54 bits per heavy atom. The summed E-state index contributed by atoms with van der Waals surface area (Å²) in [5.74, 6) is 2.46. The molecular weight excluding hydrogens is 348 g/mol. The van der Waals surface area contributed by atoms with E-state index in [0.717, 1.165) is 33.9 Å². The predicted octanol–water partition coefficient (Wildman–Crippen LogP) is 3.63. The van der Waals surface area contributed by atoms with E-state index in [1.165, 1.54) is 0 Å². The molecule has 0 aliphatic carbocycles. The van der Waals surface area contributed by atoms with Gasteiger partial charge in [0, 0.05) is 18.6 Å². The molecule has 136 valence electrons. The molecule has 0 atom stereocenters. The summed E-state index contributed by atoms with van der Waals surface area (Å²) in [6.45, 7) is 1.20. The maximum Gasteiger partial charge on any atom is 0.195 e. The molecule has 0 spiro atoms. The van der Waals surface area contributed by atoms with Crippen LogP contribution in [0.5, 0.6) is 5.75 Å². The van der Waals surface area contributed by atoms with E-state index in [9.17, 15) is 0 Å². The van der Waals surface area contributed by atoms with Crippen molar-refractivity contribution in [2.24, 2.45) is 0 Å². The number of hydrogen-bond donors (Lipinski definition) is 1. The molecule has 0 fully saturated rings. The number of benzene rings is 2. The van der Waals surface area contributed by atoms with Gasteiger partial charge in [0.05, 0.1) is 25.9 Å². The third-order valence-electron chi connectivity index (χ3n) is 3.78. The second-order valence-corrected chi connectivity index (χ2v) is 6.53. The molecule has 0 saturated heterocycles. The monoisotopic (exact) mass is 370 g/mol. The van der Waals surface area contributed by atoms with Gasteiger partial charge in [-0.05, 0) is 24.3 Å². The lowest BCUT2D eigenvalue weighted by molar-refractivity contribution is 0.218. The molecule has 0 saturated carbocycles. The molecule has 0 radical (unpaired) electrons. The standard InChI is InChI=1S/C19H22N4O2S/c1-24-12-13-26-19-22-21-18(23(19)15-8-4-3-5-9-15)14-20-16-10-6-7-11-17(16)25-2/h3-11,20H,12-14H2,1-2H3. The normalized spacial score (nSPS) is 10.7. The second kappa shape index (κ2) is 9.26. The number of para-hydroxylation sites is 3. The van der Waals surface area contributed by atoms with Crippen molar-refractivity contribution in [1.29, 1.82) is 0 Å². The minimum absolute atomic E-state index is 0.535. The fourth-order valence-corrected chi connectivity index (χ4v) is 3.40. The lowest BCUT2D eigenvalue weighted by Crippen LogP contribution is -2.09. The number of rotatable bonds is 9. The van der Waals surface area contributed by atoms with Gasteiger partial charge >= 0.3 is 0 Å². The summed E-state index contributed by atoms with van der Waals surface area (Å²) in [6.07, 6.45) is 0. The van der Waals surface area contributed by atoms with Gasteiger partial charge in [0.2, 0.25) is 0 Å². The highest BCUT2D eigenvalue weighted by molar-refractivity contribution is 7.99. The van der Waals surface area contributed by atoms with Gasteiger partial charge in [-0.1, -0.05) is 42.1 Å². The number of nitrogens with zero attached hydrogens (tertiary/aromatic N) is 3. The topological polar surface area (TPSA) is 61.2 Å². The molecule has 1 aromatic heterocycles. The number of methoxy groups -OCH3 is 2. The molecule has 7 heteroatoms. The van der Waals surface area contributed by atoms with E-state index in [2.05, 4.69) is 32.2 Å². The van der Waals surface area contributed by atoms with Gasteiger partial charge in [-0.3, -0.25) is 4.57 Å². The summed E-state index contributed by atoms with van der Waals surface area (Å²) < 4.78 is 12.6. The van der Waals surface area contributed by atoms with Crippen LogP contribution < -0.4 is 10.1 Å². The zero-order valence-electron chi connectivity index (χ0n) is 14.9. The van der Waals surface area contributed by atoms with Gasteiger partial charge < -0.3 is 14.8 Å². The quantitative estimate of drug-likeness (QED) is 0.458. The van der Waals surface area contributed by atoms with Crippen LogP contribution in [0.15, 0.2) is 59.8 Å². The number of ether oxygens (including phenoxy) is 2. The van der Waals surface area contributed by atoms with E-state index in [1.807, 2.05) is 42.5 Å². The van der Waals surface area contributed by atoms with Crippen LogP contribution in [0.4, 0.5) is 5.69 Å². The molecule has 6 nitrogen and oxygen atoms in total. The van der Waals surface area contributed by atoms with Gasteiger partial charge in [-0.15, -0.1) is 10.2 Å². The fourth-order valence-electron chi connectivity index (χ4n) is 2.53. The van der Waals surface area contributed by atoms with Crippen molar-refractivity contribution in [3.05, 3.63) is 60.4 Å². The molecular formula is C19H22N4O2S. The number of thioether (sulfide) groups is 1. The zero-order chi connectivity index (χ0) is 18.2. The van der Waals surface area contributed by atoms with Crippen LogP contribution in [0, 0.1) is 0 Å². The average molecular weight is 370 g/mol. The van der Waals surface area contributed by atoms with Gasteiger partial charge in [0.15, 0.2) is 11.0 Å². The van der Waals surface area contributed by atoms with Crippen molar-refractivity contribution in [3.63, 3.8) is 0 Å². The summed E-state index contributed by atoms with van der Waals surface area (Å²) in [7, 11) is 3.36. The van der Waals surface area contributed by atoms with Crippen molar-refractivity contribution in [2.75, 3.05) is 31.9 Å². The molecule has 0 bridgehead atoms. The Labute approximate surface area is 157 Å². The lowest BCUT2D eigenvalue weighted by atomic mass is 10.3. The van der Waals surface area contributed by atoms with E-state index in [4.69, 9.17) is 9.47 Å². The Morgan fingerprint density at radius 2 is 1.77 bits per heavy atom. The molecule has 3 rings (SSSR count). The first kappa shape index (κ1) is 18.3. The zero-order valence-corrected chi connectivity index (χ0v) is 15.7. The van der Waals surface area contributed by atoms with E-state index in [1.54, 1.807) is 26.0 Å². The van der Waals surface area contributed by atoms with Crippen molar-refractivity contribution in [1.82, 2.24) is 14.8 Å². The molecule has 0 aliphatic heterocycles. The van der Waals surface area contributed by atoms with Crippen molar-refractivity contribution in [2.45, 2.75) is 11.7 Å². The third kappa shape index (κ3) is 4.36. The highest BCUT2D eigenvalue weighted by Gasteiger charge is 2.14. The first-order chi connectivity index (χ1) is 12.8. The van der Waals surface area contributed by atoms with Gasteiger partial charge in [0.1, 0.15) is 5.75 Å². The lowest BCUT2D eigenvalue weighted by Gasteiger charge is -2.13. The number of anilines is 1. The maximum atomic E-state index is 5.40. The van der Waals surface area contributed by atoms with Crippen LogP contribution in [0.2, 0.25) is 0 Å². The predicted molar refractivity (Wildman–Crippen MR) is 104 cm³/mol. The minimum Gasteiger partial charge on any atom is -0.495 e. The van der Waals surface area contributed by atoms with E-state index in [0.29, 0.717) is 13.2 Å². The van der Waals surface area contributed by atoms with Crippen molar-refractivity contribution in [3.8, 4) is 11.4 Å². The first-order valence-electron chi connectivity index (χ1n) is 8.32.